The summed E-state index contributed by atoms with van der Waals surface area (Å²) in [5, 5.41) is 0.450. The lowest BCUT2D eigenvalue weighted by Crippen LogP contribution is -2.30. The van der Waals surface area contributed by atoms with Gasteiger partial charge in [-0.1, -0.05) is 57.9 Å². The lowest BCUT2D eigenvalue weighted by Gasteiger charge is -2.21. The van der Waals surface area contributed by atoms with Crippen molar-refractivity contribution in [3.05, 3.63) is 117 Å². The molecule has 0 spiro atoms. The van der Waals surface area contributed by atoms with Gasteiger partial charge in [0.05, 0.1) is 23.3 Å². The second kappa shape index (κ2) is 10.7. The number of hydrogen-bond acceptors (Lipinski definition) is 4. The topological polar surface area (TPSA) is 62.9 Å². The highest BCUT2D eigenvalue weighted by molar-refractivity contribution is 9.10. The van der Waals surface area contributed by atoms with E-state index in [0.29, 0.717) is 21.0 Å². The van der Waals surface area contributed by atoms with Crippen LogP contribution in [0.1, 0.15) is 17.1 Å². The molecular weight excluding hydrogens is 543 g/mol. The fourth-order valence-electron chi connectivity index (χ4n) is 3.21. The van der Waals surface area contributed by atoms with Crippen LogP contribution >= 0.6 is 27.5 Å². The van der Waals surface area contributed by atoms with E-state index in [9.17, 15) is 12.8 Å². The molecule has 0 unspecified atom stereocenters. The van der Waals surface area contributed by atoms with Gasteiger partial charge in [-0.25, -0.2) is 17.8 Å². The van der Waals surface area contributed by atoms with Crippen molar-refractivity contribution in [3.8, 4) is 0 Å². The summed E-state index contributed by atoms with van der Waals surface area (Å²) in [4.78, 5) is 4.25. The van der Waals surface area contributed by atoms with E-state index in [1.54, 1.807) is 24.3 Å². The molecule has 5 nitrogen and oxygen atoms in total. The molecule has 0 radical (unpaired) electrons. The van der Waals surface area contributed by atoms with E-state index in [4.69, 9.17) is 16.0 Å². The van der Waals surface area contributed by atoms with Gasteiger partial charge in [-0.15, -0.1) is 0 Å². The molecule has 0 saturated heterocycles. The largest absolute Gasteiger partial charge is 0.459 e. The molecule has 0 aliphatic rings. The summed E-state index contributed by atoms with van der Waals surface area (Å²) in [6.07, 6.45) is 1.39. The van der Waals surface area contributed by atoms with Crippen LogP contribution in [0.5, 0.6) is 0 Å². The van der Waals surface area contributed by atoms with Gasteiger partial charge in [-0.2, -0.15) is 4.31 Å². The molecule has 0 saturated carbocycles. The Morgan fingerprint density at radius 3 is 2.41 bits per heavy atom. The molecule has 0 aliphatic carbocycles. The third-order valence-corrected chi connectivity index (χ3v) is 7.46. The van der Waals surface area contributed by atoms with Crippen molar-refractivity contribution >= 4 is 49.5 Å². The Balaban J connectivity index is 1.58. The number of nitrogens with zero attached hydrogens (tertiary/aromatic N) is 2. The summed E-state index contributed by atoms with van der Waals surface area (Å²) in [6.45, 7) is 0.153. The van der Waals surface area contributed by atoms with Gasteiger partial charge in [-0.3, -0.25) is 0 Å². The molecule has 0 N–H and O–H groups in total. The molecule has 174 valence electrons. The molecule has 4 rings (SSSR count). The smallest absolute Gasteiger partial charge is 0.243 e. The zero-order valence-corrected chi connectivity index (χ0v) is 20.9. The number of sulfonamides is 1. The van der Waals surface area contributed by atoms with Crippen molar-refractivity contribution < 1.29 is 17.2 Å². The van der Waals surface area contributed by atoms with E-state index >= 15 is 0 Å². The normalized spacial score (nSPS) is 12.0. The van der Waals surface area contributed by atoms with Crippen LogP contribution in [0.25, 0.3) is 0 Å². The molecule has 4 aromatic rings. The van der Waals surface area contributed by atoms with E-state index in [-0.39, 0.29) is 23.7 Å². The van der Waals surface area contributed by atoms with Crippen LogP contribution in [0.15, 0.2) is 104 Å². The number of rotatable bonds is 8. The first-order valence-electron chi connectivity index (χ1n) is 10.2. The highest BCUT2D eigenvalue weighted by Gasteiger charge is 2.26. The van der Waals surface area contributed by atoms with E-state index in [1.165, 1.54) is 40.9 Å². The van der Waals surface area contributed by atoms with Gasteiger partial charge in [0.2, 0.25) is 10.0 Å². The molecule has 0 aliphatic heterocycles. The van der Waals surface area contributed by atoms with Crippen LogP contribution in [-0.4, -0.2) is 18.9 Å². The van der Waals surface area contributed by atoms with Crippen LogP contribution in [0, 0.1) is 5.82 Å². The first-order valence-corrected chi connectivity index (χ1v) is 12.8. The molecule has 1 heterocycles. The lowest BCUT2D eigenvalue weighted by molar-refractivity contribution is 0.357. The van der Waals surface area contributed by atoms with E-state index in [1.807, 2.05) is 30.3 Å². The minimum Gasteiger partial charge on any atom is -0.459 e. The quantitative estimate of drug-likeness (QED) is 0.218. The predicted octanol–water partition coefficient (Wildman–Crippen LogP) is 6.98. The van der Waals surface area contributed by atoms with Crippen LogP contribution in [0.3, 0.4) is 0 Å². The molecule has 0 bridgehead atoms. The Bertz CT molecular complexity index is 1410. The predicted molar refractivity (Wildman–Crippen MR) is 134 cm³/mol. The van der Waals surface area contributed by atoms with Gasteiger partial charge in [0, 0.05) is 16.0 Å². The third-order valence-electron chi connectivity index (χ3n) is 4.91. The molecule has 0 amide bonds. The van der Waals surface area contributed by atoms with E-state index in [0.717, 1.165) is 5.56 Å². The van der Waals surface area contributed by atoms with Crippen molar-refractivity contribution in [2.24, 2.45) is 4.99 Å². The summed E-state index contributed by atoms with van der Waals surface area (Å²) in [5.74, 6) is 0.326. The first kappa shape index (κ1) is 24.3. The Morgan fingerprint density at radius 1 is 0.971 bits per heavy atom. The zero-order valence-electron chi connectivity index (χ0n) is 17.7. The van der Waals surface area contributed by atoms with Crippen molar-refractivity contribution in [1.29, 1.82) is 0 Å². The Morgan fingerprint density at radius 2 is 1.71 bits per heavy atom. The Hall–Kier alpha value is -2.78. The van der Waals surface area contributed by atoms with Gasteiger partial charge in [0.1, 0.15) is 17.3 Å². The zero-order chi connectivity index (χ0) is 24.1. The van der Waals surface area contributed by atoms with Gasteiger partial charge in [0.15, 0.2) is 0 Å². The monoisotopic (exact) mass is 560 g/mol. The van der Waals surface area contributed by atoms with E-state index < -0.39 is 15.8 Å². The highest BCUT2D eigenvalue weighted by Crippen LogP contribution is 2.24. The van der Waals surface area contributed by atoms with Crippen molar-refractivity contribution in [2.45, 2.75) is 18.0 Å². The van der Waals surface area contributed by atoms with Crippen molar-refractivity contribution in [1.82, 2.24) is 4.31 Å². The summed E-state index contributed by atoms with van der Waals surface area (Å²) in [5.41, 5.74) is 0.997. The average molecular weight is 562 g/mol. The van der Waals surface area contributed by atoms with Crippen molar-refractivity contribution in [2.75, 3.05) is 0 Å². The Labute approximate surface area is 210 Å². The maximum Gasteiger partial charge on any atom is 0.243 e. The minimum atomic E-state index is -3.84. The maximum absolute atomic E-state index is 14.0. The van der Waals surface area contributed by atoms with Gasteiger partial charge < -0.3 is 4.42 Å². The molecule has 34 heavy (non-hydrogen) atoms. The molecular formula is C25H19BrClFN2O3S. The van der Waals surface area contributed by atoms with Crippen LogP contribution in [0.4, 0.5) is 10.1 Å². The van der Waals surface area contributed by atoms with Crippen LogP contribution in [-0.2, 0) is 23.1 Å². The molecule has 1 aromatic heterocycles. The lowest BCUT2D eigenvalue weighted by atomic mass is 10.2. The SMILES string of the molecule is O=S(=O)(c1ccc(Cl)cc1)N(Cc1ccccc1)Cc1ccc(C=Nc2ccc(Br)cc2F)o1. The second-order valence-corrected chi connectivity index (χ2v) is 10.7. The molecule has 0 atom stereocenters. The number of furan rings is 1. The summed E-state index contributed by atoms with van der Waals surface area (Å²) in [7, 11) is -3.84. The average Bonchev–Trinajstić information content (AvgIpc) is 3.26. The summed E-state index contributed by atoms with van der Waals surface area (Å²) in [6, 6.07) is 23.2. The third kappa shape index (κ3) is 6.01. The number of halogens is 3. The van der Waals surface area contributed by atoms with Crippen molar-refractivity contribution in [3.63, 3.8) is 0 Å². The molecule has 3 aromatic carbocycles. The standard InChI is InChI=1S/C25H19BrClFN2O3S/c26-19-6-13-25(24(28)14-19)29-15-21-9-10-22(33-21)17-30(16-18-4-2-1-3-5-18)34(31,32)23-11-7-20(27)8-12-23/h1-15H,16-17H2. The van der Waals surface area contributed by atoms with Crippen LogP contribution in [0.2, 0.25) is 5.02 Å². The van der Waals surface area contributed by atoms with E-state index in [2.05, 4.69) is 20.9 Å². The number of hydrogen-bond donors (Lipinski definition) is 0. The fourth-order valence-corrected chi connectivity index (χ4v) is 5.06. The number of aliphatic imine (C=N–C) groups is 1. The first-order chi connectivity index (χ1) is 16.3. The Kier molecular flexibility index (Phi) is 7.63. The molecule has 9 heteroatoms. The number of benzene rings is 3. The van der Waals surface area contributed by atoms with Gasteiger partial charge in [0.25, 0.3) is 0 Å². The fraction of sp³-hybridized carbons (Fsp3) is 0.0800. The minimum absolute atomic E-state index is 0.000336. The van der Waals surface area contributed by atoms with Crippen LogP contribution < -0.4 is 0 Å². The van der Waals surface area contributed by atoms with Gasteiger partial charge >= 0.3 is 0 Å². The molecule has 0 fully saturated rings. The van der Waals surface area contributed by atoms with Gasteiger partial charge in [-0.05, 0) is 60.2 Å². The second-order valence-electron chi connectivity index (χ2n) is 7.37. The maximum atomic E-state index is 14.0. The summed E-state index contributed by atoms with van der Waals surface area (Å²) < 4.78 is 48.5. The highest BCUT2D eigenvalue weighted by atomic mass is 79.9. The summed E-state index contributed by atoms with van der Waals surface area (Å²) >= 11 is 9.14.